The Morgan fingerprint density at radius 1 is 1.11 bits per heavy atom. The van der Waals surface area contributed by atoms with E-state index in [1.807, 2.05) is 0 Å². The van der Waals surface area contributed by atoms with Crippen LogP contribution in [-0.2, 0) is 20.8 Å². The number of fused-ring (bicyclic) bond motifs is 1. The van der Waals surface area contributed by atoms with Crippen molar-refractivity contribution in [2.24, 2.45) is 0 Å². The molecule has 0 radical (unpaired) electrons. The van der Waals surface area contributed by atoms with E-state index in [-0.39, 0.29) is 41.1 Å². The number of aromatic amines is 2. The number of carboxylic acids is 2. The summed E-state index contributed by atoms with van der Waals surface area (Å²) in [4.78, 5) is 67.9. The molecule has 0 unspecified atom stereocenters. The first-order valence-electron chi connectivity index (χ1n) is 10.9. The number of nitrogens with zero attached hydrogens (tertiary/aromatic N) is 2. The van der Waals surface area contributed by atoms with Crippen molar-refractivity contribution in [1.82, 2.24) is 20.3 Å². The summed E-state index contributed by atoms with van der Waals surface area (Å²) in [6.07, 6.45) is -6.25. The minimum atomic E-state index is -5.22. The molecule has 0 spiro atoms. The van der Waals surface area contributed by atoms with Gasteiger partial charge < -0.3 is 31.1 Å². The van der Waals surface area contributed by atoms with Crippen molar-refractivity contribution in [3.8, 4) is 0 Å². The molecule has 3 aromatic rings. The van der Waals surface area contributed by atoms with Gasteiger partial charge in [-0.3, -0.25) is 24.2 Å². The van der Waals surface area contributed by atoms with Crippen molar-refractivity contribution in [2.75, 3.05) is 17.2 Å². The first-order chi connectivity index (χ1) is 17.8. The lowest BCUT2D eigenvalue weighted by Crippen LogP contribution is -2.42. The number of hydrogen-bond donors (Lipinski definition) is 6. The Bertz CT molecular complexity index is 1430. The van der Waals surface area contributed by atoms with E-state index >= 15 is 0 Å². The van der Waals surface area contributed by atoms with E-state index < -0.39 is 54.5 Å². The average molecular weight is 538 g/mol. The Hall–Kier alpha value is -4.89. The standard InChI is InChI=1S/C22H21F3N6O7/c23-22(24,25)20(38)31(8-7-11-9-13-16(27-11)29-21(26)30-18(13)35)12-3-1-10(2-4-12)17(34)28-14(19(36)37)5-6-15(32)33/h1-4,9,14H,5-8H2,(H,28,34)(H,32,33)(H,36,37)(H4,26,27,29,30,35)/t14-/m0/s1. The van der Waals surface area contributed by atoms with Gasteiger partial charge in [0.05, 0.1) is 5.39 Å². The number of halogens is 3. The van der Waals surface area contributed by atoms with Gasteiger partial charge >= 0.3 is 24.0 Å². The second-order valence-corrected chi connectivity index (χ2v) is 8.06. The Morgan fingerprint density at radius 3 is 2.34 bits per heavy atom. The number of nitrogens with one attached hydrogen (secondary N) is 3. The van der Waals surface area contributed by atoms with E-state index in [1.54, 1.807) is 0 Å². The minimum absolute atomic E-state index is 0.119. The van der Waals surface area contributed by atoms with E-state index in [1.165, 1.54) is 6.07 Å². The number of carbonyl (C=O) groups excluding carboxylic acids is 2. The van der Waals surface area contributed by atoms with Crippen LogP contribution in [0.25, 0.3) is 11.0 Å². The van der Waals surface area contributed by atoms with Crippen LogP contribution in [-0.4, -0.2) is 67.7 Å². The summed E-state index contributed by atoms with van der Waals surface area (Å²) in [5, 5.41) is 20.2. The Kier molecular flexibility index (Phi) is 8.03. The monoisotopic (exact) mass is 538 g/mol. The molecule has 13 nitrogen and oxygen atoms in total. The van der Waals surface area contributed by atoms with Crippen molar-refractivity contribution in [1.29, 1.82) is 0 Å². The highest BCUT2D eigenvalue weighted by molar-refractivity contribution is 5.99. The second kappa shape index (κ2) is 11.0. The highest BCUT2D eigenvalue weighted by atomic mass is 19.4. The highest BCUT2D eigenvalue weighted by Gasteiger charge is 2.43. The SMILES string of the molecule is Nc1nc2[nH]c(CCN(C(=O)C(F)(F)F)c3ccc(C(=O)N[C@@H](CCC(=O)O)C(=O)O)cc3)cc2c(=O)[nH]1. The third kappa shape index (κ3) is 6.65. The number of nitrogen functional groups attached to an aromatic ring is 1. The molecule has 1 aromatic carbocycles. The van der Waals surface area contributed by atoms with E-state index in [4.69, 9.17) is 10.8 Å². The fourth-order valence-corrected chi connectivity index (χ4v) is 3.52. The number of H-pyrrole nitrogens is 2. The molecule has 202 valence electrons. The fraction of sp³-hybridized carbons (Fsp3) is 0.273. The van der Waals surface area contributed by atoms with Crippen LogP contribution in [0.5, 0.6) is 0 Å². The Morgan fingerprint density at radius 2 is 1.76 bits per heavy atom. The molecular weight excluding hydrogens is 517 g/mol. The van der Waals surface area contributed by atoms with Crippen LogP contribution in [0.4, 0.5) is 24.8 Å². The number of nitrogens with two attached hydrogens (primary N) is 1. The van der Waals surface area contributed by atoms with Crippen LogP contribution in [0.15, 0.2) is 35.1 Å². The topological polar surface area (TPSA) is 212 Å². The minimum Gasteiger partial charge on any atom is -0.481 e. The number of carboxylic acid groups (broad SMARTS) is 2. The van der Waals surface area contributed by atoms with Crippen LogP contribution >= 0.6 is 0 Å². The zero-order valence-electron chi connectivity index (χ0n) is 19.3. The van der Waals surface area contributed by atoms with Crippen molar-refractivity contribution in [3.05, 3.63) is 51.9 Å². The molecule has 2 aromatic heterocycles. The molecule has 16 heteroatoms. The molecule has 0 saturated heterocycles. The highest BCUT2D eigenvalue weighted by Crippen LogP contribution is 2.25. The van der Waals surface area contributed by atoms with Crippen molar-refractivity contribution < 1.29 is 42.6 Å². The summed E-state index contributed by atoms with van der Waals surface area (Å²) in [7, 11) is 0. The number of aliphatic carboxylic acids is 2. The molecule has 0 fully saturated rings. The van der Waals surface area contributed by atoms with Gasteiger partial charge in [0, 0.05) is 36.3 Å². The van der Waals surface area contributed by atoms with Gasteiger partial charge in [-0.25, -0.2) is 4.79 Å². The van der Waals surface area contributed by atoms with Crippen molar-refractivity contribution >= 4 is 46.4 Å². The van der Waals surface area contributed by atoms with Gasteiger partial charge in [0.2, 0.25) is 5.95 Å². The van der Waals surface area contributed by atoms with Crippen LogP contribution in [0.1, 0.15) is 28.9 Å². The summed E-state index contributed by atoms with van der Waals surface area (Å²) in [5.41, 5.74) is 5.01. The van der Waals surface area contributed by atoms with Gasteiger partial charge in [-0.1, -0.05) is 0 Å². The van der Waals surface area contributed by atoms with E-state index in [9.17, 15) is 42.3 Å². The van der Waals surface area contributed by atoms with E-state index in [0.717, 1.165) is 24.3 Å². The molecular formula is C22H21F3N6O7. The number of alkyl halides is 3. The maximum Gasteiger partial charge on any atom is 0.471 e. The predicted molar refractivity (Wildman–Crippen MR) is 125 cm³/mol. The second-order valence-electron chi connectivity index (χ2n) is 8.06. The number of aromatic nitrogens is 3. The molecule has 3 rings (SSSR count). The summed E-state index contributed by atoms with van der Waals surface area (Å²) in [6, 6.07) is 4.19. The summed E-state index contributed by atoms with van der Waals surface area (Å²) in [5.74, 6) is -5.96. The maximum absolute atomic E-state index is 13.3. The van der Waals surface area contributed by atoms with Crippen LogP contribution in [0.2, 0.25) is 0 Å². The van der Waals surface area contributed by atoms with Gasteiger partial charge in [0.25, 0.3) is 11.5 Å². The van der Waals surface area contributed by atoms with Crippen LogP contribution in [0.3, 0.4) is 0 Å². The molecule has 0 bridgehead atoms. The van der Waals surface area contributed by atoms with Gasteiger partial charge in [-0.2, -0.15) is 18.2 Å². The lowest BCUT2D eigenvalue weighted by Gasteiger charge is -2.24. The van der Waals surface area contributed by atoms with E-state index in [2.05, 4.69) is 20.3 Å². The van der Waals surface area contributed by atoms with E-state index in [0.29, 0.717) is 10.6 Å². The lowest BCUT2D eigenvalue weighted by molar-refractivity contribution is -0.170. The quantitative estimate of drug-likeness (QED) is 0.217. The summed E-state index contributed by atoms with van der Waals surface area (Å²) < 4.78 is 39.9. The third-order valence-electron chi connectivity index (χ3n) is 5.35. The molecule has 7 N–H and O–H groups in total. The van der Waals surface area contributed by atoms with Crippen LogP contribution in [0, 0.1) is 0 Å². The molecule has 38 heavy (non-hydrogen) atoms. The first-order valence-corrected chi connectivity index (χ1v) is 10.9. The third-order valence-corrected chi connectivity index (χ3v) is 5.35. The molecule has 0 aliphatic heterocycles. The molecule has 0 saturated carbocycles. The summed E-state index contributed by atoms with van der Waals surface area (Å²) in [6.45, 7) is -0.472. The van der Waals surface area contributed by atoms with Gasteiger partial charge in [0.1, 0.15) is 11.7 Å². The fourth-order valence-electron chi connectivity index (χ4n) is 3.52. The van der Waals surface area contributed by atoms with Crippen molar-refractivity contribution in [3.63, 3.8) is 0 Å². The number of rotatable bonds is 10. The Labute approximate surface area is 210 Å². The number of benzene rings is 1. The van der Waals surface area contributed by atoms with Crippen molar-refractivity contribution in [2.45, 2.75) is 31.5 Å². The molecule has 2 heterocycles. The number of carbonyl (C=O) groups is 4. The van der Waals surface area contributed by atoms with Gasteiger partial charge in [0.15, 0.2) is 0 Å². The molecule has 0 aliphatic rings. The first kappa shape index (κ1) is 27.7. The smallest absolute Gasteiger partial charge is 0.471 e. The van der Waals surface area contributed by atoms with Crippen LogP contribution < -0.4 is 21.5 Å². The van der Waals surface area contributed by atoms with Gasteiger partial charge in [-0.15, -0.1) is 0 Å². The molecule has 1 atom stereocenters. The lowest BCUT2D eigenvalue weighted by atomic mass is 10.1. The zero-order valence-corrected chi connectivity index (χ0v) is 19.3. The number of hydrogen-bond acceptors (Lipinski definition) is 7. The number of anilines is 2. The average Bonchev–Trinajstić information content (AvgIpc) is 3.24. The number of amides is 2. The summed E-state index contributed by atoms with van der Waals surface area (Å²) >= 11 is 0. The molecule has 2 amide bonds. The van der Waals surface area contributed by atoms with Gasteiger partial charge in [-0.05, 0) is 36.8 Å². The maximum atomic E-state index is 13.3. The largest absolute Gasteiger partial charge is 0.481 e. The Balaban J connectivity index is 1.80. The molecule has 0 aliphatic carbocycles. The zero-order chi connectivity index (χ0) is 28.2. The predicted octanol–water partition coefficient (Wildman–Crippen LogP) is 1.02. The normalized spacial score (nSPS) is 12.2.